The Morgan fingerprint density at radius 3 is 2.17 bits per heavy atom. The quantitative estimate of drug-likeness (QED) is 0.226. The SMILES string of the molecule is O=C(c1ccc(-c2ccccc2)cc1)N1CCN(c2nc(CCc3ccccc3)nc3sc4c(c23)CCCC4)CC1. The number of aromatic nitrogens is 2. The number of anilines is 1. The molecule has 206 valence electrons. The Bertz CT molecular complexity index is 1660. The minimum atomic E-state index is 0.105. The van der Waals surface area contributed by atoms with Gasteiger partial charge in [-0.1, -0.05) is 72.8 Å². The first-order valence-electron chi connectivity index (χ1n) is 14.8. The first-order chi connectivity index (χ1) is 20.2. The van der Waals surface area contributed by atoms with Gasteiger partial charge in [0.2, 0.25) is 0 Å². The van der Waals surface area contributed by atoms with Gasteiger partial charge in [-0.15, -0.1) is 11.3 Å². The van der Waals surface area contributed by atoms with Gasteiger partial charge < -0.3 is 9.80 Å². The van der Waals surface area contributed by atoms with E-state index in [2.05, 4.69) is 47.4 Å². The fourth-order valence-corrected chi connectivity index (χ4v) is 7.44. The summed E-state index contributed by atoms with van der Waals surface area (Å²) in [4.78, 5) is 30.7. The molecule has 5 nitrogen and oxygen atoms in total. The molecule has 3 aromatic carbocycles. The molecule has 7 rings (SSSR count). The lowest BCUT2D eigenvalue weighted by molar-refractivity contribution is 0.0746. The molecule has 2 aliphatic rings. The summed E-state index contributed by atoms with van der Waals surface area (Å²) in [6.07, 6.45) is 6.53. The molecule has 0 N–H and O–H groups in total. The van der Waals surface area contributed by atoms with Crippen LogP contribution < -0.4 is 4.90 Å². The molecule has 1 saturated heterocycles. The molecule has 3 heterocycles. The van der Waals surface area contributed by atoms with Crippen LogP contribution in [0.1, 0.15) is 45.0 Å². The summed E-state index contributed by atoms with van der Waals surface area (Å²) in [5.41, 5.74) is 5.82. The highest BCUT2D eigenvalue weighted by Crippen LogP contribution is 2.40. The van der Waals surface area contributed by atoms with Crippen LogP contribution in [0.15, 0.2) is 84.9 Å². The molecule has 1 aliphatic heterocycles. The maximum Gasteiger partial charge on any atom is 0.253 e. The largest absolute Gasteiger partial charge is 0.352 e. The number of nitrogens with zero attached hydrogens (tertiary/aromatic N) is 4. The van der Waals surface area contributed by atoms with Crippen molar-refractivity contribution in [3.63, 3.8) is 0 Å². The van der Waals surface area contributed by atoms with Gasteiger partial charge in [-0.3, -0.25) is 4.79 Å². The molecule has 0 unspecified atom stereocenters. The molecule has 0 atom stereocenters. The van der Waals surface area contributed by atoms with Crippen LogP contribution in [0.2, 0.25) is 0 Å². The van der Waals surface area contributed by atoms with Gasteiger partial charge in [0.05, 0.1) is 5.39 Å². The third-order valence-electron chi connectivity index (χ3n) is 8.43. The van der Waals surface area contributed by atoms with Gasteiger partial charge in [0.15, 0.2) is 0 Å². The Hall–Kier alpha value is -4.03. The predicted octanol–water partition coefficient (Wildman–Crippen LogP) is 6.98. The number of thiophene rings is 1. The van der Waals surface area contributed by atoms with E-state index >= 15 is 0 Å². The minimum Gasteiger partial charge on any atom is -0.352 e. The topological polar surface area (TPSA) is 49.3 Å². The summed E-state index contributed by atoms with van der Waals surface area (Å²) < 4.78 is 0. The number of hydrogen-bond acceptors (Lipinski definition) is 5. The van der Waals surface area contributed by atoms with E-state index in [1.807, 2.05) is 58.7 Å². The molecule has 0 saturated carbocycles. The van der Waals surface area contributed by atoms with Gasteiger partial charge >= 0.3 is 0 Å². The second-order valence-corrected chi connectivity index (χ2v) is 12.1. The zero-order chi connectivity index (χ0) is 27.6. The first kappa shape index (κ1) is 25.9. The van der Waals surface area contributed by atoms with Crippen LogP contribution >= 0.6 is 11.3 Å². The summed E-state index contributed by atoms with van der Waals surface area (Å²) in [7, 11) is 0. The molecule has 1 fully saturated rings. The zero-order valence-corrected chi connectivity index (χ0v) is 24.1. The average Bonchev–Trinajstić information content (AvgIpc) is 3.43. The summed E-state index contributed by atoms with van der Waals surface area (Å²) in [5.74, 6) is 2.11. The normalized spacial score (nSPS) is 15.2. The molecule has 1 aliphatic carbocycles. The fraction of sp³-hybridized carbons (Fsp3) is 0.286. The number of aryl methyl sites for hydroxylation is 4. The highest BCUT2D eigenvalue weighted by molar-refractivity contribution is 7.19. The number of fused-ring (bicyclic) bond motifs is 3. The maximum absolute atomic E-state index is 13.4. The van der Waals surface area contributed by atoms with Gasteiger partial charge in [-0.05, 0) is 66.5 Å². The zero-order valence-electron chi connectivity index (χ0n) is 23.3. The number of piperazine rings is 1. The lowest BCUT2D eigenvalue weighted by Crippen LogP contribution is -2.49. The summed E-state index contributed by atoms with van der Waals surface area (Å²) in [6.45, 7) is 2.94. The number of hydrogen-bond donors (Lipinski definition) is 0. The Morgan fingerprint density at radius 2 is 1.41 bits per heavy atom. The van der Waals surface area contributed by atoms with Crippen molar-refractivity contribution in [2.45, 2.75) is 38.5 Å². The van der Waals surface area contributed by atoms with Crippen molar-refractivity contribution < 1.29 is 4.79 Å². The minimum absolute atomic E-state index is 0.105. The van der Waals surface area contributed by atoms with Crippen LogP contribution in [0.3, 0.4) is 0 Å². The summed E-state index contributed by atoms with van der Waals surface area (Å²) in [5, 5.41) is 1.27. The van der Waals surface area contributed by atoms with Crippen molar-refractivity contribution in [1.29, 1.82) is 0 Å². The lowest BCUT2D eigenvalue weighted by atomic mass is 9.96. The Kier molecular flexibility index (Phi) is 7.24. The Labute approximate surface area is 245 Å². The molecule has 1 amide bonds. The molecule has 0 bridgehead atoms. The monoisotopic (exact) mass is 558 g/mol. The molecule has 0 spiro atoms. The molecule has 2 aromatic heterocycles. The number of carbonyl (C=O) groups is 1. The lowest BCUT2D eigenvalue weighted by Gasteiger charge is -2.36. The molecular weight excluding hydrogens is 524 g/mol. The predicted molar refractivity (Wildman–Crippen MR) is 168 cm³/mol. The molecule has 41 heavy (non-hydrogen) atoms. The second kappa shape index (κ2) is 11.5. The Balaban J connectivity index is 1.10. The van der Waals surface area contributed by atoms with Crippen molar-refractivity contribution in [2.75, 3.05) is 31.1 Å². The smallest absolute Gasteiger partial charge is 0.253 e. The van der Waals surface area contributed by atoms with Gasteiger partial charge in [0.25, 0.3) is 5.91 Å². The van der Waals surface area contributed by atoms with Crippen molar-refractivity contribution in [1.82, 2.24) is 14.9 Å². The number of carbonyl (C=O) groups excluding carboxylic acids is 1. The summed E-state index contributed by atoms with van der Waals surface area (Å²) in [6, 6.07) is 28.9. The fourth-order valence-electron chi connectivity index (χ4n) is 6.16. The van der Waals surface area contributed by atoms with Crippen LogP contribution in [-0.2, 0) is 25.7 Å². The van der Waals surface area contributed by atoms with E-state index in [1.165, 1.54) is 34.2 Å². The second-order valence-electron chi connectivity index (χ2n) is 11.1. The standard InChI is InChI=1S/C35H34N4OS/c40-35(28-18-16-27(17-19-28)26-11-5-2-6-12-26)39-23-21-38(22-24-39)33-32-29-13-7-8-14-30(29)41-34(32)37-31(36-33)20-15-25-9-3-1-4-10-25/h1-6,9-12,16-19H,7-8,13-15,20-24H2. The van der Waals surface area contributed by atoms with E-state index in [9.17, 15) is 4.79 Å². The van der Waals surface area contributed by atoms with Crippen LogP contribution in [0.4, 0.5) is 5.82 Å². The van der Waals surface area contributed by atoms with E-state index < -0.39 is 0 Å². The molecule has 5 aromatic rings. The Morgan fingerprint density at radius 1 is 0.732 bits per heavy atom. The van der Waals surface area contributed by atoms with Crippen molar-refractivity contribution in [3.05, 3.63) is 112 Å². The van der Waals surface area contributed by atoms with E-state index in [0.29, 0.717) is 13.1 Å². The van der Waals surface area contributed by atoms with Crippen LogP contribution in [0.25, 0.3) is 21.3 Å². The number of benzene rings is 3. The number of amides is 1. The molecule has 0 radical (unpaired) electrons. The third kappa shape index (κ3) is 5.36. The van der Waals surface area contributed by atoms with E-state index in [-0.39, 0.29) is 5.91 Å². The van der Waals surface area contributed by atoms with E-state index in [1.54, 1.807) is 0 Å². The van der Waals surface area contributed by atoms with Gasteiger partial charge in [-0.2, -0.15) is 0 Å². The van der Waals surface area contributed by atoms with Crippen LogP contribution in [0, 0.1) is 0 Å². The highest BCUT2D eigenvalue weighted by Gasteiger charge is 2.28. The maximum atomic E-state index is 13.4. The van der Waals surface area contributed by atoms with Crippen molar-refractivity contribution in [3.8, 4) is 11.1 Å². The van der Waals surface area contributed by atoms with Gasteiger partial charge in [0, 0.05) is 43.0 Å². The van der Waals surface area contributed by atoms with Crippen LogP contribution in [-0.4, -0.2) is 47.0 Å². The molecular formula is C35H34N4OS. The molecule has 6 heteroatoms. The van der Waals surface area contributed by atoms with Crippen molar-refractivity contribution >= 4 is 33.3 Å². The number of rotatable bonds is 6. The highest BCUT2D eigenvalue weighted by atomic mass is 32.1. The third-order valence-corrected chi connectivity index (χ3v) is 9.61. The first-order valence-corrected chi connectivity index (χ1v) is 15.6. The van der Waals surface area contributed by atoms with Gasteiger partial charge in [0.1, 0.15) is 16.5 Å². The summed E-state index contributed by atoms with van der Waals surface area (Å²) >= 11 is 1.87. The van der Waals surface area contributed by atoms with Crippen molar-refractivity contribution in [2.24, 2.45) is 0 Å². The average molecular weight is 559 g/mol. The van der Waals surface area contributed by atoms with Gasteiger partial charge in [-0.25, -0.2) is 9.97 Å². The van der Waals surface area contributed by atoms with Crippen LogP contribution in [0.5, 0.6) is 0 Å². The van der Waals surface area contributed by atoms with E-state index in [4.69, 9.17) is 9.97 Å². The van der Waals surface area contributed by atoms with E-state index in [0.717, 1.165) is 71.9 Å².